The number of carbonyl (C=O) groups excluding carboxylic acids is 2. The first-order valence-electron chi connectivity index (χ1n) is 9.23. The summed E-state index contributed by atoms with van der Waals surface area (Å²) >= 11 is 10.3. The Morgan fingerprint density at radius 3 is 2.74 bits per heavy atom. The van der Waals surface area contributed by atoms with Gasteiger partial charge in [-0.2, -0.15) is 0 Å². The van der Waals surface area contributed by atoms with Crippen molar-refractivity contribution < 1.29 is 9.59 Å². The molecule has 10 heteroatoms. The third-order valence-electron chi connectivity index (χ3n) is 4.22. The van der Waals surface area contributed by atoms with Crippen molar-refractivity contribution in [2.75, 3.05) is 5.32 Å². The highest BCUT2D eigenvalue weighted by molar-refractivity contribution is 7.18. The molecule has 0 aliphatic rings. The van der Waals surface area contributed by atoms with Gasteiger partial charge in [-0.1, -0.05) is 23.7 Å². The number of aryl methyl sites for hydroxylation is 1. The minimum atomic E-state index is -0.235. The van der Waals surface area contributed by atoms with Crippen molar-refractivity contribution in [3.8, 4) is 21.1 Å². The maximum absolute atomic E-state index is 12.8. The molecule has 158 valence electrons. The molecule has 0 saturated carbocycles. The number of anilines is 1. The predicted octanol–water partition coefficient (Wildman–Crippen LogP) is 5.85. The van der Waals surface area contributed by atoms with Gasteiger partial charge in [0.2, 0.25) is 5.91 Å². The van der Waals surface area contributed by atoms with E-state index >= 15 is 0 Å². The molecule has 1 aromatic carbocycles. The number of aromatic nitrogens is 2. The zero-order valence-corrected chi connectivity index (χ0v) is 19.8. The summed E-state index contributed by atoms with van der Waals surface area (Å²) in [6, 6.07) is 11.3. The molecule has 3 aromatic heterocycles. The van der Waals surface area contributed by atoms with Crippen LogP contribution in [0.3, 0.4) is 0 Å². The van der Waals surface area contributed by atoms with Gasteiger partial charge < -0.3 is 5.32 Å². The van der Waals surface area contributed by atoms with Crippen LogP contribution in [-0.2, 0) is 11.3 Å². The third kappa shape index (κ3) is 5.19. The first-order valence-corrected chi connectivity index (χ1v) is 12.1. The van der Waals surface area contributed by atoms with Gasteiger partial charge in [0.05, 0.1) is 22.8 Å². The minimum Gasteiger partial charge on any atom is -0.351 e. The Morgan fingerprint density at radius 2 is 1.97 bits per heavy atom. The molecule has 0 aliphatic carbocycles. The molecule has 6 nitrogen and oxygen atoms in total. The zero-order chi connectivity index (χ0) is 22.0. The van der Waals surface area contributed by atoms with Crippen molar-refractivity contribution in [1.82, 2.24) is 15.3 Å². The normalized spacial score (nSPS) is 10.8. The molecule has 0 radical (unpaired) electrons. The maximum Gasteiger partial charge on any atom is 0.269 e. The molecular formula is C21H17ClN4O2S3. The van der Waals surface area contributed by atoms with Crippen LogP contribution in [0.25, 0.3) is 21.1 Å². The average Bonchev–Trinajstić information content (AvgIpc) is 3.45. The molecule has 4 rings (SSSR count). The Hall–Kier alpha value is -2.59. The van der Waals surface area contributed by atoms with Crippen LogP contribution < -0.4 is 10.6 Å². The average molecular weight is 489 g/mol. The number of nitrogens with zero attached hydrogens (tertiary/aromatic N) is 2. The fourth-order valence-corrected chi connectivity index (χ4v) is 5.61. The van der Waals surface area contributed by atoms with Gasteiger partial charge in [0, 0.05) is 27.8 Å². The van der Waals surface area contributed by atoms with Crippen LogP contribution in [0.2, 0.25) is 5.02 Å². The molecule has 0 atom stereocenters. The van der Waals surface area contributed by atoms with E-state index in [0.717, 1.165) is 26.0 Å². The number of amides is 2. The molecule has 3 heterocycles. The topological polar surface area (TPSA) is 84.0 Å². The molecule has 31 heavy (non-hydrogen) atoms. The second-order valence-electron chi connectivity index (χ2n) is 6.61. The van der Waals surface area contributed by atoms with Crippen LogP contribution in [0.15, 0.2) is 41.8 Å². The fraction of sp³-hybridized carbons (Fsp3) is 0.143. The van der Waals surface area contributed by atoms with Gasteiger partial charge in [-0.3, -0.25) is 14.9 Å². The molecule has 0 saturated heterocycles. The van der Waals surface area contributed by atoms with E-state index in [0.29, 0.717) is 27.3 Å². The number of rotatable bonds is 6. The van der Waals surface area contributed by atoms with E-state index in [-0.39, 0.29) is 11.8 Å². The van der Waals surface area contributed by atoms with Crippen LogP contribution in [0.1, 0.15) is 27.2 Å². The zero-order valence-electron chi connectivity index (χ0n) is 16.6. The monoisotopic (exact) mass is 488 g/mol. The standard InChI is InChI=1S/C21H17ClN4O2S3/c1-11-18(31-20(24-11)13-4-3-5-14(22)8-13)19(28)26-21-25-16(10-29-21)17-7-6-15(30-17)9-23-12(2)27/h3-8,10H,9H2,1-2H3,(H,23,27)(H,25,26,28). The SMILES string of the molecule is CC(=O)NCc1ccc(-c2csc(NC(=O)c3sc(-c4cccc(Cl)c4)nc3C)n2)s1. The van der Waals surface area contributed by atoms with E-state index in [2.05, 4.69) is 20.6 Å². The summed E-state index contributed by atoms with van der Waals surface area (Å²) < 4.78 is 0. The number of nitrogens with one attached hydrogen (secondary N) is 2. The highest BCUT2D eigenvalue weighted by atomic mass is 35.5. The third-order valence-corrected chi connectivity index (χ3v) is 7.53. The summed E-state index contributed by atoms with van der Waals surface area (Å²) in [5, 5.41) is 9.45. The highest BCUT2D eigenvalue weighted by Crippen LogP contribution is 2.33. The molecule has 0 fully saturated rings. The van der Waals surface area contributed by atoms with E-state index < -0.39 is 0 Å². The second-order valence-corrected chi connectivity index (χ2v) is 10.1. The Kier molecular flexibility index (Phi) is 6.47. The Labute approximate surface area is 196 Å². The van der Waals surface area contributed by atoms with E-state index in [1.807, 2.05) is 42.6 Å². The number of carbonyl (C=O) groups is 2. The summed E-state index contributed by atoms with van der Waals surface area (Å²) in [6.07, 6.45) is 0. The first-order chi connectivity index (χ1) is 14.9. The van der Waals surface area contributed by atoms with Crippen molar-refractivity contribution in [1.29, 1.82) is 0 Å². The summed E-state index contributed by atoms with van der Waals surface area (Å²) in [5.74, 6) is -0.299. The summed E-state index contributed by atoms with van der Waals surface area (Å²) in [4.78, 5) is 35.5. The van der Waals surface area contributed by atoms with E-state index in [4.69, 9.17) is 11.6 Å². The molecule has 0 bridgehead atoms. The summed E-state index contributed by atoms with van der Waals surface area (Å²) in [5.41, 5.74) is 2.33. The van der Waals surface area contributed by atoms with Crippen LogP contribution in [0.4, 0.5) is 5.13 Å². The Morgan fingerprint density at radius 1 is 1.13 bits per heavy atom. The number of hydrogen-bond donors (Lipinski definition) is 2. The quantitative estimate of drug-likeness (QED) is 0.357. The molecule has 0 aliphatic heterocycles. The van der Waals surface area contributed by atoms with Crippen molar-refractivity contribution in [2.45, 2.75) is 20.4 Å². The van der Waals surface area contributed by atoms with Crippen molar-refractivity contribution in [3.05, 3.63) is 62.2 Å². The van der Waals surface area contributed by atoms with Crippen molar-refractivity contribution >= 4 is 62.6 Å². The Bertz CT molecular complexity index is 1260. The first kappa shape index (κ1) is 21.6. The molecule has 4 aromatic rings. The van der Waals surface area contributed by atoms with E-state index in [1.165, 1.54) is 29.6 Å². The number of halogens is 1. The number of thiophene rings is 1. The number of benzene rings is 1. The summed E-state index contributed by atoms with van der Waals surface area (Å²) in [6.45, 7) is 3.80. The van der Waals surface area contributed by atoms with Gasteiger partial charge in [-0.25, -0.2) is 9.97 Å². The minimum absolute atomic E-state index is 0.0644. The van der Waals surface area contributed by atoms with Crippen LogP contribution in [0.5, 0.6) is 0 Å². The fourth-order valence-electron chi connectivity index (χ4n) is 2.77. The molecule has 2 N–H and O–H groups in total. The van der Waals surface area contributed by atoms with Crippen LogP contribution >= 0.6 is 45.6 Å². The van der Waals surface area contributed by atoms with Gasteiger partial charge in [-0.15, -0.1) is 34.0 Å². The number of thiazole rings is 2. The van der Waals surface area contributed by atoms with E-state index in [1.54, 1.807) is 17.4 Å². The van der Waals surface area contributed by atoms with Crippen molar-refractivity contribution in [2.24, 2.45) is 0 Å². The van der Waals surface area contributed by atoms with Gasteiger partial charge in [0.15, 0.2) is 5.13 Å². The van der Waals surface area contributed by atoms with Gasteiger partial charge in [-0.05, 0) is 31.2 Å². The van der Waals surface area contributed by atoms with E-state index in [9.17, 15) is 9.59 Å². The highest BCUT2D eigenvalue weighted by Gasteiger charge is 2.18. The van der Waals surface area contributed by atoms with Gasteiger partial charge in [0.1, 0.15) is 9.88 Å². The lowest BCUT2D eigenvalue weighted by molar-refractivity contribution is -0.119. The lowest BCUT2D eigenvalue weighted by Gasteiger charge is -1.99. The lowest BCUT2D eigenvalue weighted by Crippen LogP contribution is -2.17. The molecule has 0 spiro atoms. The van der Waals surface area contributed by atoms with Gasteiger partial charge >= 0.3 is 0 Å². The van der Waals surface area contributed by atoms with Crippen LogP contribution in [0, 0.1) is 6.92 Å². The maximum atomic E-state index is 12.8. The van der Waals surface area contributed by atoms with Gasteiger partial charge in [0.25, 0.3) is 5.91 Å². The number of hydrogen-bond acceptors (Lipinski definition) is 7. The Balaban J connectivity index is 1.47. The molecular weight excluding hydrogens is 472 g/mol. The summed E-state index contributed by atoms with van der Waals surface area (Å²) in [7, 11) is 0. The molecule has 2 amide bonds. The van der Waals surface area contributed by atoms with Crippen molar-refractivity contribution in [3.63, 3.8) is 0 Å². The van der Waals surface area contributed by atoms with Crippen LogP contribution in [-0.4, -0.2) is 21.8 Å². The largest absolute Gasteiger partial charge is 0.351 e. The predicted molar refractivity (Wildman–Crippen MR) is 128 cm³/mol. The second kappa shape index (κ2) is 9.27. The lowest BCUT2D eigenvalue weighted by atomic mass is 10.2. The molecule has 0 unspecified atom stereocenters. The smallest absolute Gasteiger partial charge is 0.269 e.